The van der Waals surface area contributed by atoms with Gasteiger partial charge in [0.2, 0.25) is 5.91 Å². The first-order valence-corrected chi connectivity index (χ1v) is 5.96. The summed E-state index contributed by atoms with van der Waals surface area (Å²) >= 11 is 0. The Morgan fingerprint density at radius 3 is 2.65 bits per heavy atom. The standard InChI is InChI=1S/C13H18N2O2/c16-13(15-6-8-17-9-7-15)11-14-10-12-4-2-1-3-5-12/h1-5,14H,6-11H2. The summed E-state index contributed by atoms with van der Waals surface area (Å²) in [4.78, 5) is 13.6. The van der Waals surface area contributed by atoms with E-state index >= 15 is 0 Å². The number of hydrogen-bond acceptors (Lipinski definition) is 3. The van der Waals surface area contributed by atoms with Crippen LogP contribution >= 0.6 is 0 Å². The number of rotatable bonds is 4. The van der Waals surface area contributed by atoms with Crippen molar-refractivity contribution in [3.8, 4) is 0 Å². The molecule has 1 amide bonds. The van der Waals surface area contributed by atoms with Gasteiger partial charge in [-0.15, -0.1) is 0 Å². The van der Waals surface area contributed by atoms with E-state index in [9.17, 15) is 4.79 Å². The van der Waals surface area contributed by atoms with Gasteiger partial charge in [-0.05, 0) is 5.56 Å². The summed E-state index contributed by atoms with van der Waals surface area (Å²) in [6.07, 6.45) is 0. The summed E-state index contributed by atoms with van der Waals surface area (Å²) in [5, 5.41) is 3.17. The van der Waals surface area contributed by atoms with Crippen molar-refractivity contribution in [1.29, 1.82) is 0 Å². The van der Waals surface area contributed by atoms with Gasteiger partial charge in [-0.3, -0.25) is 4.79 Å². The summed E-state index contributed by atoms with van der Waals surface area (Å²) in [6.45, 7) is 3.87. The third kappa shape index (κ3) is 3.84. The van der Waals surface area contributed by atoms with Crippen LogP contribution in [0, 0.1) is 0 Å². The molecule has 0 atom stereocenters. The van der Waals surface area contributed by atoms with E-state index in [0.717, 1.165) is 6.54 Å². The molecular formula is C13H18N2O2. The largest absolute Gasteiger partial charge is 0.378 e. The molecule has 17 heavy (non-hydrogen) atoms. The molecular weight excluding hydrogens is 216 g/mol. The number of benzene rings is 1. The highest BCUT2D eigenvalue weighted by atomic mass is 16.5. The Morgan fingerprint density at radius 2 is 1.94 bits per heavy atom. The predicted molar refractivity (Wildman–Crippen MR) is 65.5 cm³/mol. The van der Waals surface area contributed by atoms with E-state index in [0.29, 0.717) is 32.8 Å². The number of carbonyl (C=O) groups is 1. The summed E-state index contributed by atoms with van der Waals surface area (Å²) in [6, 6.07) is 10.1. The third-order valence-corrected chi connectivity index (χ3v) is 2.81. The molecule has 0 saturated carbocycles. The molecule has 1 aliphatic heterocycles. The molecule has 1 aromatic carbocycles. The molecule has 4 heteroatoms. The van der Waals surface area contributed by atoms with E-state index in [4.69, 9.17) is 4.74 Å². The van der Waals surface area contributed by atoms with Crippen molar-refractivity contribution in [2.75, 3.05) is 32.8 Å². The number of carbonyl (C=O) groups excluding carboxylic acids is 1. The SMILES string of the molecule is O=C(CNCc1ccccc1)N1CCOCC1. The zero-order chi connectivity index (χ0) is 11.9. The zero-order valence-corrected chi connectivity index (χ0v) is 9.89. The number of nitrogens with one attached hydrogen (secondary N) is 1. The van der Waals surface area contributed by atoms with Crippen LogP contribution in [-0.2, 0) is 16.1 Å². The first-order valence-electron chi connectivity index (χ1n) is 5.96. The monoisotopic (exact) mass is 234 g/mol. The molecule has 0 spiro atoms. The number of morpholine rings is 1. The summed E-state index contributed by atoms with van der Waals surface area (Å²) < 4.78 is 5.21. The highest BCUT2D eigenvalue weighted by Gasteiger charge is 2.15. The lowest BCUT2D eigenvalue weighted by molar-refractivity contribution is -0.134. The Morgan fingerprint density at radius 1 is 1.24 bits per heavy atom. The maximum atomic E-state index is 11.8. The minimum absolute atomic E-state index is 0.157. The second kappa shape index (κ2) is 6.37. The number of hydrogen-bond donors (Lipinski definition) is 1. The minimum Gasteiger partial charge on any atom is -0.378 e. The lowest BCUT2D eigenvalue weighted by Gasteiger charge is -2.26. The second-order valence-electron chi connectivity index (χ2n) is 4.08. The van der Waals surface area contributed by atoms with Gasteiger partial charge >= 0.3 is 0 Å². The Labute approximate surface area is 102 Å². The Balaban J connectivity index is 1.69. The number of ether oxygens (including phenoxy) is 1. The molecule has 1 saturated heterocycles. The van der Waals surface area contributed by atoms with Gasteiger partial charge in [0.1, 0.15) is 0 Å². The van der Waals surface area contributed by atoms with Gasteiger partial charge < -0.3 is 15.0 Å². The Bertz CT molecular complexity index is 348. The predicted octanol–water partition coefficient (Wildman–Crippen LogP) is 0.635. The molecule has 1 fully saturated rings. The van der Waals surface area contributed by atoms with Crippen molar-refractivity contribution >= 4 is 5.91 Å². The summed E-state index contributed by atoms with van der Waals surface area (Å²) in [5.41, 5.74) is 1.20. The highest BCUT2D eigenvalue weighted by molar-refractivity contribution is 5.78. The van der Waals surface area contributed by atoms with Gasteiger partial charge in [0.25, 0.3) is 0 Å². The van der Waals surface area contributed by atoms with Gasteiger partial charge in [0, 0.05) is 19.6 Å². The molecule has 2 rings (SSSR count). The second-order valence-corrected chi connectivity index (χ2v) is 4.08. The van der Waals surface area contributed by atoms with E-state index < -0.39 is 0 Å². The Kier molecular flexibility index (Phi) is 4.53. The van der Waals surface area contributed by atoms with Crippen molar-refractivity contribution in [2.24, 2.45) is 0 Å². The highest BCUT2D eigenvalue weighted by Crippen LogP contribution is 1.99. The minimum atomic E-state index is 0.157. The van der Waals surface area contributed by atoms with E-state index in [2.05, 4.69) is 5.32 Å². The van der Waals surface area contributed by atoms with Crippen LogP contribution in [0.1, 0.15) is 5.56 Å². The van der Waals surface area contributed by atoms with E-state index in [1.807, 2.05) is 35.2 Å². The van der Waals surface area contributed by atoms with E-state index in [1.165, 1.54) is 5.56 Å². The molecule has 1 heterocycles. The van der Waals surface area contributed by atoms with Crippen LogP contribution in [0.25, 0.3) is 0 Å². The van der Waals surface area contributed by atoms with Gasteiger partial charge in [-0.1, -0.05) is 30.3 Å². The molecule has 0 aliphatic carbocycles. The third-order valence-electron chi connectivity index (χ3n) is 2.81. The van der Waals surface area contributed by atoms with Crippen molar-refractivity contribution in [3.63, 3.8) is 0 Å². The Hall–Kier alpha value is -1.39. The fourth-order valence-corrected chi connectivity index (χ4v) is 1.83. The average molecular weight is 234 g/mol. The van der Waals surface area contributed by atoms with Gasteiger partial charge in [-0.2, -0.15) is 0 Å². The van der Waals surface area contributed by atoms with E-state index in [-0.39, 0.29) is 5.91 Å². The van der Waals surface area contributed by atoms with Gasteiger partial charge in [0.15, 0.2) is 0 Å². The van der Waals surface area contributed by atoms with Crippen LogP contribution in [0.15, 0.2) is 30.3 Å². The van der Waals surface area contributed by atoms with Crippen molar-refractivity contribution < 1.29 is 9.53 Å². The molecule has 1 aliphatic rings. The molecule has 4 nitrogen and oxygen atoms in total. The maximum absolute atomic E-state index is 11.8. The van der Waals surface area contributed by atoms with Crippen molar-refractivity contribution in [2.45, 2.75) is 6.54 Å². The smallest absolute Gasteiger partial charge is 0.236 e. The topological polar surface area (TPSA) is 41.6 Å². The lowest BCUT2D eigenvalue weighted by Crippen LogP contribution is -2.44. The normalized spacial score (nSPS) is 15.9. The molecule has 0 unspecified atom stereocenters. The van der Waals surface area contributed by atoms with Crippen LogP contribution in [0.3, 0.4) is 0 Å². The number of amides is 1. The molecule has 1 aromatic rings. The number of nitrogens with zero attached hydrogens (tertiary/aromatic N) is 1. The van der Waals surface area contributed by atoms with Crippen LogP contribution in [-0.4, -0.2) is 43.7 Å². The van der Waals surface area contributed by atoms with Crippen LogP contribution < -0.4 is 5.32 Å². The lowest BCUT2D eigenvalue weighted by atomic mass is 10.2. The molecule has 1 N–H and O–H groups in total. The first-order chi connectivity index (χ1) is 8.36. The molecule has 92 valence electrons. The zero-order valence-electron chi connectivity index (χ0n) is 9.89. The van der Waals surface area contributed by atoms with Gasteiger partial charge in [0.05, 0.1) is 19.8 Å². The summed E-state index contributed by atoms with van der Waals surface area (Å²) in [7, 11) is 0. The van der Waals surface area contributed by atoms with Crippen LogP contribution in [0.2, 0.25) is 0 Å². The average Bonchev–Trinajstić information content (AvgIpc) is 2.41. The van der Waals surface area contributed by atoms with Crippen LogP contribution in [0.4, 0.5) is 0 Å². The summed E-state index contributed by atoms with van der Waals surface area (Å²) in [5.74, 6) is 0.157. The molecule has 0 bridgehead atoms. The maximum Gasteiger partial charge on any atom is 0.236 e. The fraction of sp³-hybridized carbons (Fsp3) is 0.462. The van der Waals surface area contributed by atoms with Crippen molar-refractivity contribution in [3.05, 3.63) is 35.9 Å². The molecule has 0 aromatic heterocycles. The first kappa shape index (κ1) is 12.1. The van der Waals surface area contributed by atoms with Crippen molar-refractivity contribution in [1.82, 2.24) is 10.2 Å². The fourth-order valence-electron chi connectivity index (χ4n) is 1.83. The quantitative estimate of drug-likeness (QED) is 0.831. The molecule has 0 radical (unpaired) electrons. The van der Waals surface area contributed by atoms with E-state index in [1.54, 1.807) is 0 Å². The van der Waals surface area contributed by atoms with Gasteiger partial charge in [-0.25, -0.2) is 0 Å². The van der Waals surface area contributed by atoms with Crippen LogP contribution in [0.5, 0.6) is 0 Å².